The first kappa shape index (κ1) is 19.7. The molecule has 1 aromatic carbocycles. The molecule has 0 aromatic heterocycles. The molecule has 130 valence electrons. The summed E-state index contributed by atoms with van der Waals surface area (Å²) in [5.41, 5.74) is 7.60. The van der Waals surface area contributed by atoms with E-state index < -0.39 is 12.6 Å². The fourth-order valence-corrected chi connectivity index (χ4v) is 2.22. The van der Waals surface area contributed by atoms with E-state index in [4.69, 9.17) is 5.73 Å². The SMILES string of the molecule is CC[C@](C)(N)CCc1ccc(C(=O)CCCCC(F)(F)F)cc1. The molecule has 2 N–H and O–H groups in total. The van der Waals surface area contributed by atoms with E-state index in [1.165, 1.54) is 0 Å². The van der Waals surface area contributed by atoms with Gasteiger partial charge >= 0.3 is 6.18 Å². The Morgan fingerprint density at radius 2 is 1.70 bits per heavy atom. The predicted octanol–water partition coefficient (Wildman–Crippen LogP) is 5.05. The van der Waals surface area contributed by atoms with Crippen LogP contribution < -0.4 is 5.73 Å². The second-order valence-corrected chi connectivity index (χ2v) is 6.45. The van der Waals surface area contributed by atoms with Crippen molar-refractivity contribution in [2.24, 2.45) is 5.73 Å². The van der Waals surface area contributed by atoms with Crippen molar-refractivity contribution in [3.05, 3.63) is 35.4 Å². The lowest BCUT2D eigenvalue weighted by Crippen LogP contribution is -2.35. The third kappa shape index (κ3) is 8.16. The zero-order chi connectivity index (χ0) is 17.5. The molecule has 0 aliphatic heterocycles. The zero-order valence-electron chi connectivity index (χ0n) is 13.9. The van der Waals surface area contributed by atoms with Crippen LogP contribution in [0.25, 0.3) is 0 Å². The average Bonchev–Trinajstić information content (AvgIpc) is 2.49. The van der Waals surface area contributed by atoms with E-state index in [-0.39, 0.29) is 30.6 Å². The summed E-state index contributed by atoms with van der Waals surface area (Å²) in [7, 11) is 0. The Labute approximate surface area is 136 Å². The molecular weight excluding hydrogens is 303 g/mol. The van der Waals surface area contributed by atoms with Crippen LogP contribution in [-0.2, 0) is 6.42 Å². The zero-order valence-corrected chi connectivity index (χ0v) is 13.9. The minimum atomic E-state index is -4.14. The number of benzene rings is 1. The molecule has 1 atom stereocenters. The van der Waals surface area contributed by atoms with Crippen molar-refractivity contribution in [2.75, 3.05) is 0 Å². The van der Waals surface area contributed by atoms with Crippen LogP contribution in [0, 0.1) is 0 Å². The molecule has 0 unspecified atom stereocenters. The molecule has 0 amide bonds. The van der Waals surface area contributed by atoms with E-state index in [0.29, 0.717) is 5.56 Å². The van der Waals surface area contributed by atoms with Gasteiger partial charge in [-0.3, -0.25) is 4.79 Å². The number of halogens is 3. The predicted molar refractivity (Wildman–Crippen MR) is 86.5 cm³/mol. The first-order valence-corrected chi connectivity index (χ1v) is 8.11. The van der Waals surface area contributed by atoms with Gasteiger partial charge in [0.05, 0.1) is 0 Å². The third-order valence-corrected chi connectivity index (χ3v) is 4.18. The summed E-state index contributed by atoms with van der Waals surface area (Å²) in [6.07, 6.45) is -1.92. The minimum absolute atomic E-state index is 0.000571. The number of nitrogens with two attached hydrogens (primary N) is 1. The highest BCUT2D eigenvalue weighted by molar-refractivity contribution is 5.96. The summed E-state index contributed by atoms with van der Waals surface area (Å²) in [5.74, 6) is -0.101. The molecule has 0 aliphatic carbocycles. The highest BCUT2D eigenvalue weighted by Gasteiger charge is 2.26. The Morgan fingerprint density at radius 3 is 2.22 bits per heavy atom. The number of carbonyl (C=O) groups excluding carboxylic acids is 1. The fourth-order valence-electron chi connectivity index (χ4n) is 2.22. The van der Waals surface area contributed by atoms with Crippen LogP contribution in [0.3, 0.4) is 0 Å². The molecule has 0 fully saturated rings. The Morgan fingerprint density at radius 1 is 1.09 bits per heavy atom. The molecule has 0 saturated carbocycles. The number of alkyl halides is 3. The van der Waals surface area contributed by atoms with Gasteiger partial charge in [-0.05, 0) is 44.6 Å². The number of Topliss-reactive ketones (excluding diaryl/α,β-unsaturated/α-hetero) is 1. The van der Waals surface area contributed by atoms with E-state index in [9.17, 15) is 18.0 Å². The van der Waals surface area contributed by atoms with Gasteiger partial charge in [-0.2, -0.15) is 13.2 Å². The largest absolute Gasteiger partial charge is 0.389 e. The second-order valence-electron chi connectivity index (χ2n) is 6.45. The summed E-state index contributed by atoms with van der Waals surface area (Å²) in [6, 6.07) is 7.30. The first-order valence-electron chi connectivity index (χ1n) is 8.11. The quantitative estimate of drug-likeness (QED) is 0.509. The molecule has 23 heavy (non-hydrogen) atoms. The molecular formula is C18H26F3NO. The highest BCUT2D eigenvalue weighted by Crippen LogP contribution is 2.23. The molecule has 0 heterocycles. The molecule has 1 rings (SSSR count). The smallest absolute Gasteiger partial charge is 0.325 e. The monoisotopic (exact) mass is 329 g/mol. The Balaban J connectivity index is 2.42. The number of hydrogen-bond donors (Lipinski definition) is 1. The van der Waals surface area contributed by atoms with E-state index in [1.54, 1.807) is 12.1 Å². The lowest BCUT2D eigenvalue weighted by atomic mass is 9.91. The summed E-state index contributed by atoms with van der Waals surface area (Å²) in [6.45, 7) is 4.08. The van der Waals surface area contributed by atoms with Crippen molar-refractivity contribution < 1.29 is 18.0 Å². The van der Waals surface area contributed by atoms with Crippen LogP contribution in [0.15, 0.2) is 24.3 Å². The van der Waals surface area contributed by atoms with Crippen molar-refractivity contribution in [1.29, 1.82) is 0 Å². The number of carbonyl (C=O) groups is 1. The second kappa shape index (κ2) is 8.48. The summed E-state index contributed by atoms with van der Waals surface area (Å²) in [5, 5.41) is 0. The molecule has 0 radical (unpaired) electrons. The summed E-state index contributed by atoms with van der Waals surface area (Å²) < 4.78 is 36.1. The standard InChI is InChI=1S/C18H26F3NO/c1-3-17(2,22)13-11-14-7-9-15(10-8-14)16(23)6-4-5-12-18(19,20)21/h7-10H,3-6,11-13,22H2,1-2H3/t17-/m0/s1. The first-order chi connectivity index (χ1) is 10.6. The topological polar surface area (TPSA) is 43.1 Å². The van der Waals surface area contributed by atoms with Crippen molar-refractivity contribution >= 4 is 5.78 Å². The van der Waals surface area contributed by atoms with Crippen LogP contribution in [0.5, 0.6) is 0 Å². The number of rotatable bonds is 9. The molecule has 0 spiro atoms. The molecule has 2 nitrogen and oxygen atoms in total. The van der Waals surface area contributed by atoms with E-state index in [1.807, 2.05) is 19.1 Å². The molecule has 0 saturated heterocycles. The van der Waals surface area contributed by atoms with Gasteiger partial charge in [0.15, 0.2) is 5.78 Å². The van der Waals surface area contributed by atoms with Gasteiger partial charge in [-0.15, -0.1) is 0 Å². The van der Waals surface area contributed by atoms with Crippen LogP contribution >= 0.6 is 0 Å². The van der Waals surface area contributed by atoms with Gasteiger partial charge in [0.1, 0.15) is 0 Å². The number of unbranched alkanes of at least 4 members (excludes halogenated alkanes) is 1. The van der Waals surface area contributed by atoms with Gasteiger partial charge in [0.25, 0.3) is 0 Å². The van der Waals surface area contributed by atoms with E-state index in [0.717, 1.165) is 24.8 Å². The number of ketones is 1. The highest BCUT2D eigenvalue weighted by atomic mass is 19.4. The van der Waals surface area contributed by atoms with Gasteiger partial charge in [0, 0.05) is 23.9 Å². The minimum Gasteiger partial charge on any atom is -0.325 e. The molecule has 0 bridgehead atoms. The number of aryl methyl sites for hydroxylation is 1. The number of hydrogen-bond acceptors (Lipinski definition) is 2. The maximum Gasteiger partial charge on any atom is 0.389 e. The average molecular weight is 329 g/mol. The summed E-state index contributed by atoms with van der Waals surface area (Å²) in [4.78, 5) is 11.9. The van der Waals surface area contributed by atoms with E-state index >= 15 is 0 Å². The fraction of sp³-hybridized carbons (Fsp3) is 0.611. The van der Waals surface area contributed by atoms with Crippen LogP contribution in [0.2, 0.25) is 0 Å². The van der Waals surface area contributed by atoms with Gasteiger partial charge in [0.2, 0.25) is 0 Å². The van der Waals surface area contributed by atoms with Crippen molar-refractivity contribution in [3.63, 3.8) is 0 Å². The normalized spacial score (nSPS) is 14.5. The third-order valence-electron chi connectivity index (χ3n) is 4.18. The van der Waals surface area contributed by atoms with Gasteiger partial charge in [-0.1, -0.05) is 31.2 Å². The van der Waals surface area contributed by atoms with Gasteiger partial charge < -0.3 is 5.73 Å². The van der Waals surface area contributed by atoms with Crippen molar-refractivity contribution in [2.45, 2.75) is 70.5 Å². The maximum absolute atomic E-state index is 12.0. The lowest BCUT2D eigenvalue weighted by molar-refractivity contribution is -0.135. The van der Waals surface area contributed by atoms with Crippen molar-refractivity contribution in [1.82, 2.24) is 0 Å². The lowest BCUT2D eigenvalue weighted by Gasteiger charge is -2.22. The molecule has 1 aromatic rings. The molecule has 0 aliphatic rings. The van der Waals surface area contributed by atoms with Crippen LogP contribution in [-0.4, -0.2) is 17.5 Å². The Kier molecular flexibility index (Phi) is 7.26. The Bertz CT molecular complexity index is 492. The maximum atomic E-state index is 12.0. The van der Waals surface area contributed by atoms with Crippen LogP contribution in [0.4, 0.5) is 13.2 Å². The van der Waals surface area contributed by atoms with Crippen molar-refractivity contribution in [3.8, 4) is 0 Å². The van der Waals surface area contributed by atoms with Gasteiger partial charge in [-0.25, -0.2) is 0 Å². The molecule has 5 heteroatoms. The summed E-state index contributed by atoms with van der Waals surface area (Å²) >= 11 is 0. The van der Waals surface area contributed by atoms with E-state index in [2.05, 4.69) is 6.92 Å². The van der Waals surface area contributed by atoms with Crippen LogP contribution in [0.1, 0.15) is 68.3 Å². The Hall–Kier alpha value is -1.36.